The molecule has 2 rings (SSSR count). The number of esters is 1. The fourth-order valence-electron chi connectivity index (χ4n) is 1.71. The van der Waals surface area contributed by atoms with E-state index in [4.69, 9.17) is 4.74 Å². The van der Waals surface area contributed by atoms with E-state index in [1.807, 2.05) is 61.5 Å². The number of hydrogen-bond acceptors (Lipinski definition) is 2. The number of ether oxygens (including phenoxy) is 1. The summed E-state index contributed by atoms with van der Waals surface area (Å²) in [4.78, 5) is 11.8. The van der Waals surface area contributed by atoms with E-state index < -0.39 is 0 Å². The summed E-state index contributed by atoms with van der Waals surface area (Å²) in [5.74, 6) is -0.290. The summed E-state index contributed by atoms with van der Waals surface area (Å²) in [6.07, 6.45) is 2.01. The maximum Gasteiger partial charge on any atom is 0.338 e. The average molecular weight is 252 g/mol. The normalized spacial score (nSPS) is 11.1. The molecule has 0 N–H and O–H groups in total. The van der Waals surface area contributed by atoms with Crippen LogP contribution in [0.3, 0.4) is 0 Å². The van der Waals surface area contributed by atoms with Crippen molar-refractivity contribution in [1.82, 2.24) is 0 Å². The van der Waals surface area contributed by atoms with Crippen molar-refractivity contribution in [2.45, 2.75) is 6.92 Å². The van der Waals surface area contributed by atoms with Gasteiger partial charge in [0.15, 0.2) is 0 Å². The van der Waals surface area contributed by atoms with Gasteiger partial charge in [0.25, 0.3) is 0 Å². The Morgan fingerprint density at radius 1 is 1.00 bits per heavy atom. The van der Waals surface area contributed by atoms with Gasteiger partial charge in [0.05, 0.1) is 5.56 Å². The van der Waals surface area contributed by atoms with Gasteiger partial charge in [-0.15, -0.1) is 0 Å². The molecule has 0 saturated heterocycles. The van der Waals surface area contributed by atoms with Crippen molar-refractivity contribution >= 4 is 12.0 Å². The van der Waals surface area contributed by atoms with Crippen molar-refractivity contribution in [2.24, 2.45) is 0 Å². The Labute approximate surface area is 113 Å². The van der Waals surface area contributed by atoms with Crippen molar-refractivity contribution in [2.75, 3.05) is 6.61 Å². The molecule has 2 heteroatoms. The van der Waals surface area contributed by atoms with Crippen LogP contribution in [0.5, 0.6) is 0 Å². The van der Waals surface area contributed by atoms with E-state index in [1.165, 1.54) is 0 Å². The van der Waals surface area contributed by atoms with E-state index in [9.17, 15) is 4.79 Å². The third-order valence-corrected chi connectivity index (χ3v) is 2.65. The molecule has 2 nitrogen and oxygen atoms in total. The van der Waals surface area contributed by atoms with Gasteiger partial charge in [0.1, 0.15) is 6.61 Å². The molecule has 0 unspecified atom stereocenters. The maximum absolute atomic E-state index is 11.8. The highest BCUT2D eigenvalue weighted by Crippen LogP contribution is 2.08. The molecule has 96 valence electrons. The zero-order valence-corrected chi connectivity index (χ0v) is 10.9. The average Bonchev–Trinajstić information content (AvgIpc) is 2.47. The largest absolute Gasteiger partial charge is 0.458 e. The lowest BCUT2D eigenvalue weighted by Gasteiger charge is -2.05. The molecule has 0 aliphatic rings. The minimum Gasteiger partial charge on any atom is -0.458 e. The lowest BCUT2D eigenvalue weighted by atomic mass is 10.1. The molecule has 0 aliphatic heterocycles. The van der Waals surface area contributed by atoms with Gasteiger partial charge in [-0.3, -0.25) is 0 Å². The van der Waals surface area contributed by atoms with Crippen LogP contribution in [0.4, 0.5) is 0 Å². The molecule has 0 aromatic heterocycles. The van der Waals surface area contributed by atoms with Gasteiger partial charge in [0.2, 0.25) is 0 Å². The van der Waals surface area contributed by atoms with Crippen LogP contribution in [-0.4, -0.2) is 12.6 Å². The van der Waals surface area contributed by atoms with Gasteiger partial charge in [0, 0.05) is 0 Å². The Kier molecular flexibility index (Phi) is 4.51. The third kappa shape index (κ3) is 4.11. The highest BCUT2D eigenvalue weighted by molar-refractivity contribution is 5.89. The second-order valence-electron chi connectivity index (χ2n) is 4.34. The molecule has 0 amide bonds. The van der Waals surface area contributed by atoms with Gasteiger partial charge >= 0.3 is 5.97 Å². The zero-order chi connectivity index (χ0) is 13.5. The smallest absolute Gasteiger partial charge is 0.338 e. The molecule has 0 saturated carbocycles. The second kappa shape index (κ2) is 6.55. The van der Waals surface area contributed by atoms with E-state index in [0.717, 1.165) is 11.1 Å². The highest BCUT2D eigenvalue weighted by Gasteiger charge is 2.05. The first-order valence-electron chi connectivity index (χ1n) is 6.20. The van der Waals surface area contributed by atoms with Crippen LogP contribution in [-0.2, 0) is 4.74 Å². The van der Waals surface area contributed by atoms with Crippen LogP contribution >= 0.6 is 0 Å². The van der Waals surface area contributed by atoms with Gasteiger partial charge in [-0.05, 0) is 30.2 Å². The van der Waals surface area contributed by atoms with Gasteiger partial charge in [-0.25, -0.2) is 4.79 Å². The Hall–Kier alpha value is -2.35. The highest BCUT2D eigenvalue weighted by atomic mass is 16.5. The van der Waals surface area contributed by atoms with Gasteiger partial charge in [-0.1, -0.05) is 54.6 Å². The van der Waals surface area contributed by atoms with Crippen LogP contribution in [0.2, 0.25) is 0 Å². The molecular formula is C17H16O2. The molecule has 0 aliphatic carbocycles. The minimum absolute atomic E-state index is 0.290. The van der Waals surface area contributed by atoms with E-state index in [-0.39, 0.29) is 5.97 Å². The molecule has 0 atom stereocenters. The molecule has 2 aromatic carbocycles. The third-order valence-electron chi connectivity index (χ3n) is 2.65. The van der Waals surface area contributed by atoms with E-state index in [2.05, 4.69) is 0 Å². The van der Waals surface area contributed by atoms with Gasteiger partial charge in [-0.2, -0.15) is 0 Å². The first kappa shape index (κ1) is 13.1. The number of carbonyl (C=O) groups excluding carboxylic acids is 1. The second-order valence-corrected chi connectivity index (χ2v) is 4.34. The van der Waals surface area contributed by atoms with E-state index in [0.29, 0.717) is 12.2 Å². The topological polar surface area (TPSA) is 26.3 Å². The van der Waals surface area contributed by atoms with Gasteiger partial charge < -0.3 is 4.74 Å². The Morgan fingerprint density at radius 2 is 1.58 bits per heavy atom. The predicted molar refractivity (Wildman–Crippen MR) is 76.8 cm³/mol. The molecule has 2 aromatic rings. The van der Waals surface area contributed by atoms with Crippen LogP contribution in [0.1, 0.15) is 22.8 Å². The molecule has 0 radical (unpaired) electrons. The molecule has 0 spiro atoms. The van der Waals surface area contributed by atoms with Crippen LogP contribution in [0, 0.1) is 0 Å². The quantitative estimate of drug-likeness (QED) is 0.770. The first-order valence-corrected chi connectivity index (χ1v) is 6.20. The van der Waals surface area contributed by atoms with Crippen molar-refractivity contribution in [1.29, 1.82) is 0 Å². The fourth-order valence-corrected chi connectivity index (χ4v) is 1.71. The summed E-state index contributed by atoms with van der Waals surface area (Å²) in [5, 5.41) is 0. The van der Waals surface area contributed by atoms with Crippen molar-refractivity contribution in [3.63, 3.8) is 0 Å². The SMILES string of the molecule is CC(=Cc1ccccc1)COC(=O)c1ccccc1. The van der Waals surface area contributed by atoms with Crippen LogP contribution < -0.4 is 0 Å². The monoisotopic (exact) mass is 252 g/mol. The van der Waals surface area contributed by atoms with Crippen molar-refractivity contribution in [3.05, 3.63) is 77.4 Å². The minimum atomic E-state index is -0.290. The summed E-state index contributed by atoms with van der Waals surface area (Å²) in [5.41, 5.74) is 2.70. The zero-order valence-electron chi connectivity index (χ0n) is 10.9. The Balaban J connectivity index is 1.92. The summed E-state index contributed by atoms with van der Waals surface area (Å²) in [7, 11) is 0. The molecule has 0 bridgehead atoms. The maximum atomic E-state index is 11.8. The summed E-state index contributed by atoms with van der Waals surface area (Å²) < 4.78 is 5.25. The Bertz CT molecular complexity index is 556. The lowest BCUT2D eigenvalue weighted by Crippen LogP contribution is -2.06. The standard InChI is InChI=1S/C17H16O2/c1-14(12-15-8-4-2-5-9-15)13-19-17(18)16-10-6-3-7-11-16/h2-12H,13H2,1H3. The van der Waals surface area contributed by atoms with E-state index >= 15 is 0 Å². The summed E-state index contributed by atoms with van der Waals surface area (Å²) in [6, 6.07) is 19.0. The predicted octanol–water partition coefficient (Wildman–Crippen LogP) is 3.95. The summed E-state index contributed by atoms with van der Waals surface area (Å²) >= 11 is 0. The Morgan fingerprint density at radius 3 is 2.21 bits per heavy atom. The van der Waals surface area contributed by atoms with Crippen molar-refractivity contribution in [3.8, 4) is 0 Å². The van der Waals surface area contributed by atoms with Crippen LogP contribution in [0.25, 0.3) is 6.08 Å². The lowest BCUT2D eigenvalue weighted by molar-refractivity contribution is 0.0541. The van der Waals surface area contributed by atoms with E-state index in [1.54, 1.807) is 12.1 Å². The molecule has 0 fully saturated rings. The van der Waals surface area contributed by atoms with Crippen molar-refractivity contribution < 1.29 is 9.53 Å². The number of benzene rings is 2. The first-order chi connectivity index (χ1) is 9.25. The number of hydrogen-bond donors (Lipinski definition) is 0. The molecule has 0 heterocycles. The fraction of sp³-hybridized carbons (Fsp3) is 0.118. The molecule has 19 heavy (non-hydrogen) atoms. The van der Waals surface area contributed by atoms with Crippen LogP contribution in [0.15, 0.2) is 66.2 Å². The summed E-state index contributed by atoms with van der Waals surface area (Å²) in [6.45, 7) is 2.26. The number of carbonyl (C=O) groups is 1. The number of rotatable bonds is 4. The molecular weight excluding hydrogens is 236 g/mol.